The van der Waals surface area contributed by atoms with Crippen molar-refractivity contribution in [3.8, 4) is 0 Å². The van der Waals surface area contributed by atoms with Crippen LogP contribution >= 0.6 is 0 Å². The van der Waals surface area contributed by atoms with Gasteiger partial charge in [-0.05, 0) is 36.1 Å². The van der Waals surface area contributed by atoms with Crippen LogP contribution in [0.25, 0.3) is 0 Å². The van der Waals surface area contributed by atoms with Gasteiger partial charge in [0.1, 0.15) is 22.9 Å². The summed E-state index contributed by atoms with van der Waals surface area (Å²) >= 11 is 0. The second-order valence-corrected chi connectivity index (χ2v) is 8.23. The first-order chi connectivity index (χ1) is 13.2. The van der Waals surface area contributed by atoms with Gasteiger partial charge in [-0.1, -0.05) is 48.5 Å². The Bertz CT molecular complexity index is 901. The summed E-state index contributed by atoms with van der Waals surface area (Å²) in [5.41, 5.74) is -3.58. The lowest BCUT2D eigenvalue weighted by Crippen LogP contribution is -2.99. The van der Waals surface area contributed by atoms with Crippen LogP contribution < -0.4 is 0 Å². The molecule has 0 heterocycles. The molecule has 0 bridgehead atoms. The van der Waals surface area contributed by atoms with Crippen LogP contribution in [0.2, 0.25) is 0 Å². The monoisotopic (exact) mass is 386 g/mol. The average molecular weight is 386 g/mol. The number of fused-ring (bicyclic) bond motifs is 1. The van der Waals surface area contributed by atoms with Gasteiger partial charge in [0.05, 0.1) is 18.6 Å². The Hall–Kier alpha value is -1.80. The number of benzene rings is 2. The number of aryl methyl sites for hydroxylation is 2. The molecule has 0 aliphatic heterocycles. The van der Waals surface area contributed by atoms with Gasteiger partial charge in [-0.15, -0.1) is 0 Å². The molecule has 2 fully saturated rings. The summed E-state index contributed by atoms with van der Waals surface area (Å²) in [5.74, 6) is -2.17. The van der Waals surface area contributed by atoms with Crippen molar-refractivity contribution in [1.29, 1.82) is 0 Å². The van der Waals surface area contributed by atoms with E-state index in [4.69, 9.17) is 0 Å². The van der Waals surface area contributed by atoms with E-state index in [2.05, 4.69) is 0 Å². The topological polar surface area (TPSA) is 121 Å². The predicted molar refractivity (Wildman–Crippen MR) is 102 cm³/mol. The molecule has 6 nitrogen and oxygen atoms in total. The van der Waals surface area contributed by atoms with Gasteiger partial charge >= 0.3 is 0 Å². The number of hydrogen-bond donors (Lipinski definition) is 6. The fraction of sp³-hybridized carbons (Fsp3) is 0.455. The molecule has 2 aromatic carbocycles. The molecule has 0 saturated heterocycles. The Morgan fingerprint density at radius 1 is 0.929 bits per heavy atom. The van der Waals surface area contributed by atoms with E-state index in [1.807, 2.05) is 19.9 Å². The third-order valence-electron chi connectivity index (χ3n) is 7.02. The van der Waals surface area contributed by atoms with E-state index >= 15 is 0 Å². The zero-order valence-corrected chi connectivity index (χ0v) is 15.8. The Labute approximate surface area is 163 Å². The number of aliphatic hydroxyl groups is 6. The third-order valence-corrected chi connectivity index (χ3v) is 7.02. The maximum absolute atomic E-state index is 11.5. The van der Waals surface area contributed by atoms with Crippen LogP contribution in [0.4, 0.5) is 0 Å². The molecule has 150 valence electrons. The van der Waals surface area contributed by atoms with E-state index in [1.54, 1.807) is 42.5 Å². The molecule has 6 N–H and O–H groups in total. The summed E-state index contributed by atoms with van der Waals surface area (Å²) < 4.78 is 0. The normalized spacial score (nSPS) is 40.2. The summed E-state index contributed by atoms with van der Waals surface area (Å²) in [6.45, 7) is 3.00. The van der Waals surface area contributed by atoms with Gasteiger partial charge in [-0.3, -0.25) is 0 Å². The number of rotatable bonds is 4. The predicted octanol–water partition coefficient (Wildman–Crippen LogP) is 0.105. The molecular weight excluding hydrogens is 360 g/mol. The van der Waals surface area contributed by atoms with E-state index < -0.39 is 47.5 Å². The molecular formula is C22H26O6. The molecule has 0 radical (unpaired) electrons. The van der Waals surface area contributed by atoms with Crippen molar-refractivity contribution in [1.82, 2.24) is 0 Å². The van der Waals surface area contributed by atoms with Crippen molar-refractivity contribution in [2.75, 3.05) is 6.61 Å². The molecule has 2 aliphatic carbocycles. The molecule has 0 spiro atoms. The molecule has 6 heteroatoms. The van der Waals surface area contributed by atoms with Crippen molar-refractivity contribution in [3.63, 3.8) is 0 Å². The van der Waals surface area contributed by atoms with E-state index in [1.165, 1.54) is 0 Å². The highest BCUT2D eigenvalue weighted by Gasteiger charge is 2.93. The maximum Gasteiger partial charge on any atom is 0.138 e. The minimum absolute atomic E-state index is 0.482. The first-order valence-corrected chi connectivity index (χ1v) is 9.41. The highest BCUT2D eigenvalue weighted by molar-refractivity contribution is 5.56. The lowest BCUT2D eigenvalue weighted by Gasteiger charge is -2.80. The largest absolute Gasteiger partial charge is 0.394 e. The van der Waals surface area contributed by atoms with Gasteiger partial charge in [0.2, 0.25) is 0 Å². The van der Waals surface area contributed by atoms with E-state index in [0.717, 1.165) is 11.1 Å². The van der Waals surface area contributed by atoms with Crippen LogP contribution in [0.15, 0.2) is 48.5 Å². The highest BCUT2D eigenvalue weighted by Crippen LogP contribution is 2.75. The fourth-order valence-electron chi connectivity index (χ4n) is 5.42. The minimum Gasteiger partial charge on any atom is -0.394 e. The van der Waals surface area contributed by atoms with Crippen LogP contribution in [0.1, 0.15) is 34.1 Å². The molecule has 7 atom stereocenters. The molecule has 3 unspecified atom stereocenters. The van der Waals surface area contributed by atoms with E-state index in [-0.39, 0.29) is 0 Å². The van der Waals surface area contributed by atoms with Crippen molar-refractivity contribution in [3.05, 3.63) is 70.8 Å². The second kappa shape index (κ2) is 6.10. The molecule has 28 heavy (non-hydrogen) atoms. The van der Waals surface area contributed by atoms with Crippen molar-refractivity contribution >= 4 is 0 Å². The number of aliphatic hydroxyl groups excluding tert-OH is 3. The van der Waals surface area contributed by atoms with E-state index in [0.29, 0.717) is 11.1 Å². The SMILES string of the molecule is Cc1ccc(C2[C@]3(O)C(O)C(c4ccccc4)[C@]3(O)[C@]2(O)[C@H](O)CO)cc1C. The lowest BCUT2D eigenvalue weighted by atomic mass is 9.30. The highest BCUT2D eigenvalue weighted by atomic mass is 16.5. The summed E-state index contributed by atoms with van der Waals surface area (Å²) in [7, 11) is 0. The first-order valence-electron chi connectivity index (χ1n) is 9.41. The van der Waals surface area contributed by atoms with Crippen LogP contribution in [0.3, 0.4) is 0 Å². The van der Waals surface area contributed by atoms with Gasteiger partial charge < -0.3 is 30.6 Å². The van der Waals surface area contributed by atoms with Gasteiger partial charge in [0.25, 0.3) is 0 Å². The summed E-state index contributed by atoms with van der Waals surface area (Å²) in [6.07, 6.45) is -3.05. The number of hydrogen-bond acceptors (Lipinski definition) is 6. The van der Waals surface area contributed by atoms with Gasteiger partial charge in [-0.25, -0.2) is 0 Å². The van der Waals surface area contributed by atoms with Crippen molar-refractivity contribution in [2.24, 2.45) is 0 Å². The summed E-state index contributed by atoms with van der Waals surface area (Å²) in [6, 6.07) is 13.9. The smallest absolute Gasteiger partial charge is 0.138 e. The molecule has 2 aromatic rings. The first kappa shape index (κ1) is 19.5. The summed E-state index contributed by atoms with van der Waals surface area (Å²) in [5, 5.41) is 65.2. The quantitative estimate of drug-likeness (QED) is 0.444. The third kappa shape index (κ3) is 1.98. The minimum atomic E-state index is -2.24. The van der Waals surface area contributed by atoms with Crippen LogP contribution in [0.5, 0.6) is 0 Å². The van der Waals surface area contributed by atoms with Gasteiger partial charge in [0.15, 0.2) is 0 Å². The Balaban J connectivity index is 1.87. The Morgan fingerprint density at radius 2 is 1.57 bits per heavy atom. The second-order valence-electron chi connectivity index (χ2n) is 8.23. The molecule has 2 aliphatic rings. The Morgan fingerprint density at radius 3 is 2.14 bits per heavy atom. The molecule has 0 amide bonds. The standard InChI is InChI=1S/C22H26O6/c1-12-8-9-15(10-13(12)2)18-20(26,16(24)11-23)22(28)17(19(25)21(18,22)27)14-6-4-3-5-7-14/h3-10,16-19,23-28H,11H2,1-2H3/t16-,17?,18?,19?,20+,21+,22+/m1/s1. The molecule has 4 rings (SSSR count). The van der Waals surface area contributed by atoms with Crippen LogP contribution in [-0.2, 0) is 0 Å². The van der Waals surface area contributed by atoms with Crippen LogP contribution in [0, 0.1) is 13.8 Å². The maximum atomic E-state index is 11.5. The van der Waals surface area contributed by atoms with Crippen molar-refractivity contribution < 1.29 is 30.6 Å². The lowest BCUT2D eigenvalue weighted by molar-refractivity contribution is -0.459. The molecule has 0 aromatic heterocycles. The average Bonchev–Trinajstić information content (AvgIpc) is 2.70. The van der Waals surface area contributed by atoms with Crippen LogP contribution in [-0.4, -0.2) is 66.3 Å². The van der Waals surface area contributed by atoms with E-state index in [9.17, 15) is 30.6 Å². The zero-order valence-electron chi connectivity index (χ0n) is 15.8. The molecule has 2 saturated carbocycles. The summed E-state index contributed by atoms with van der Waals surface area (Å²) in [4.78, 5) is 0. The zero-order chi connectivity index (χ0) is 20.5. The van der Waals surface area contributed by atoms with Gasteiger partial charge in [-0.2, -0.15) is 0 Å². The Kier molecular flexibility index (Phi) is 4.25. The van der Waals surface area contributed by atoms with Gasteiger partial charge in [0, 0.05) is 5.92 Å². The fourth-order valence-corrected chi connectivity index (χ4v) is 5.42. The van der Waals surface area contributed by atoms with Crippen molar-refractivity contribution in [2.45, 2.75) is 54.7 Å².